The second-order valence-electron chi connectivity index (χ2n) is 18.0. The van der Waals surface area contributed by atoms with Crippen LogP contribution in [0.5, 0.6) is 0 Å². The molecule has 1 aliphatic heterocycles. The first-order valence-electron chi connectivity index (χ1n) is 25.8. The summed E-state index contributed by atoms with van der Waals surface area (Å²) in [6.07, 6.45) is 42.6. The van der Waals surface area contributed by atoms with Gasteiger partial charge >= 0.3 is 5.97 Å². The first-order chi connectivity index (χ1) is 29.4. The molecular weight excluding hydrogens is 757 g/mol. The average Bonchev–Trinajstić information content (AvgIpc) is 3.25. The summed E-state index contributed by atoms with van der Waals surface area (Å²) in [7, 11) is 0. The normalized spacial score (nSPS) is 20.0. The van der Waals surface area contributed by atoms with Crippen molar-refractivity contribution in [3.63, 3.8) is 0 Å². The van der Waals surface area contributed by atoms with Crippen LogP contribution in [0, 0.1) is 0 Å². The maximum atomic E-state index is 12.8. The summed E-state index contributed by atoms with van der Waals surface area (Å²) >= 11 is 0. The van der Waals surface area contributed by atoms with E-state index in [4.69, 9.17) is 18.9 Å². The highest BCUT2D eigenvalue weighted by molar-refractivity contribution is 5.69. The molecule has 0 aromatic heterocycles. The number of rotatable bonds is 45. The molecule has 1 rings (SSSR count). The molecule has 1 heterocycles. The summed E-state index contributed by atoms with van der Waals surface area (Å²) in [5.74, 6) is -0.318. The summed E-state index contributed by atoms with van der Waals surface area (Å²) in [4.78, 5) is 12.8. The number of hydrogen-bond donors (Lipinski definition) is 4. The van der Waals surface area contributed by atoms with Crippen molar-refractivity contribution in [3.05, 3.63) is 12.2 Å². The first kappa shape index (κ1) is 56.9. The van der Waals surface area contributed by atoms with Crippen molar-refractivity contribution in [2.75, 3.05) is 26.4 Å². The lowest BCUT2D eigenvalue weighted by Gasteiger charge is -2.39. The molecule has 0 spiro atoms. The molecule has 6 atom stereocenters. The zero-order valence-corrected chi connectivity index (χ0v) is 39.2. The number of esters is 1. The van der Waals surface area contributed by atoms with Gasteiger partial charge < -0.3 is 39.4 Å². The molecule has 1 aliphatic rings. The van der Waals surface area contributed by atoms with Gasteiger partial charge in [-0.3, -0.25) is 4.79 Å². The number of aliphatic hydroxyl groups is 4. The average molecular weight is 855 g/mol. The standard InChI is InChI=1S/C51H98O9/c1-3-5-7-9-11-13-15-17-18-19-20-21-22-23-24-25-26-27-29-31-33-35-37-39-41-57-43-45(44-58-51-50(56)49(55)48(54)46(42-52)60-51)59-47(53)40-38-36-34-32-30-28-16-14-12-10-8-6-4-2/h14,16,45-46,48-52,54-56H,3-13,15,17-44H2,1-2H3/b16-14-. The quantitative estimate of drug-likeness (QED) is 0.0268. The van der Waals surface area contributed by atoms with E-state index in [1.165, 1.54) is 180 Å². The fourth-order valence-electron chi connectivity index (χ4n) is 8.14. The first-order valence-corrected chi connectivity index (χ1v) is 25.8. The number of carbonyl (C=O) groups excluding carboxylic acids is 1. The number of unbranched alkanes of at least 4 members (excludes halogenated alkanes) is 32. The van der Waals surface area contributed by atoms with Gasteiger partial charge in [0.2, 0.25) is 0 Å². The SMILES string of the molecule is CCCCCC/C=C\CCCCCCCC(=O)OC(COCCCCCCCCCCCCCCCCCCCCCCCCCC)COC1OC(CO)C(O)C(O)C1O. The number of ether oxygens (including phenoxy) is 4. The second kappa shape index (κ2) is 43.2. The van der Waals surface area contributed by atoms with E-state index in [0.717, 1.165) is 44.9 Å². The van der Waals surface area contributed by atoms with Crippen LogP contribution in [0.2, 0.25) is 0 Å². The number of aliphatic hydroxyl groups excluding tert-OH is 4. The van der Waals surface area contributed by atoms with Gasteiger partial charge in [-0.1, -0.05) is 212 Å². The molecule has 0 aromatic carbocycles. The van der Waals surface area contributed by atoms with Crippen molar-refractivity contribution in [2.45, 2.75) is 282 Å². The van der Waals surface area contributed by atoms with Crippen LogP contribution < -0.4 is 0 Å². The van der Waals surface area contributed by atoms with Crippen molar-refractivity contribution in [2.24, 2.45) is 0 Å². The van der Waals surface area contributed by atoms with Crippen LogP contribution in [0.1, 0.15) is 245 Å². The van der Waals surface area contributed by atoms with Gasteiger partial charge in [-0.2, -0.15) is 0 Å². The van der Waals surface area contributed by atoms with E-state index in [1.807, 2.05) is 0 Å². The third-order valence-electron chi connectivity index (χ3n) is 12.2. The van der Waals surface area contributed by atoms with Crippen molar-refractivity contribution < 1.29 is 44.2 Å². The predicted octanol–water partition coefficient (Wildman–Crippen LogP) is 12.4. The Hall–Kier alpha value is -1.07. The molecule has 60 heavy (non-hydrogen) atoms. The lowest BCUT2D eigenvalue weighted by Crippen LogP contribution is -2.59. The third-order valence-corrected chi connectivity index (χ3v) is 12.2. The largest absolute Gasteiger partial charge is 0.457 e. The molecule has 9 heteroatoms. The van der Waals surface area contributed by atoms with E-state index in [9.17, 15) is 25.2 Å². The van der Waals surface area contributed by atoms with Gasteiger partial charge in [0.25, 0.3) is 0 Å². The van der Waals surface area contributed by atoms with E-state index in [2.05, 4.69) is 26.0 Å². The van der Waals surface area contributed by atoms with Crippen molar-refractivity contribution in [1.82, 2.24) is 0 Å². The molecule has 0 saturated carbocycles. The maximum absolute atomic E-state index is 12.8. The number of hydrogen-bond acceptors (Lipinski definition) is 9. The van der Waals surface area contributed by atoms with Crippen LogP contribution in [-0.2, 0) is 23.7 Å². The molecule has 6 unspecified atom stereocenters. The van der Waals surface area contributed by atoms with Crippen LogP contribution >= 0.6 is 0 Å². The Labute approximate surface area is 369 Å². The molecule has 0 amide bonds. The molecule has 356 valence electrons. The number of allylic oxidation sites excluding steroid dienone is 2. The highest BCUT2D eigenvalue weighted by Crippen LogP contribution is 2.23. The monoisotopic (exact) mass is 855 g/mol. The Kier molecular flexibility index (Phi) is 41.0. The summed E-state index contributed by atoms with van der Waals surface area (Å²) in [5, 5.41) is 40.2. The Morgan fingerprint density at radius 1 is 0.517 bits per heavy atom. The van der Waals surface area contributed by atoms with E-state index >= 15 is 0 Å². The Balaban J connectivity index is 2.14. The second-order valence-corrected chi connectivity index (χ2v) is 18.0. The van der Waals surface area contributed by atoms with Gasteiger partial charge in [0.05, 0.1) is 19.8 Å². The minimum absolute atomic E-state index is 0.111. The molecule has 1 fully saturated rings. The lowest BCUT2D eigenvalue weighted by atomic mass is 9.99. The summed E-state index contributed by atoms with van der Waals surface area (Å²) in [5.41, 5.74) is 0. The minimum atomic E-state index is -1.53. The van der Waals surface area contributed by atoms with Crippen molar-refractivity contribution in [3.8, 4) is 0 Å². The molecular formula is C51H98O9. The lowest BCUT2D eigenvalue weighted by molar-refractivity contribution is -0.305. The van der Waals surface area contributed by atoms with Crippen molar-refractivity contribution in [1.29, 1.82) is 0 Å². The molecule has 0 aromatic rings. The van der Waals surface area contributed by atoms with Crippen molar-refractivity contribution >= 4 is 5.97 Å². The van der Waals surface area contributed by atoms with Crippen LogP contribution in [0.3, 0.4) is 0 Å². The zero-order valence-electron chi connectivity index (χ0n) is 39.2. The fourth-order valence-corrected chi connectivity index (χ4v) is 8.14. The molecule has 0 radical (unpaired) electrons. The zero-order chi connectivity index (χ0) is 43.6. The van der Waals surface area contributed by atoms with Gasteiger partial charge in [0.15, 0.2) is 6.29 Å². The van der Waals surface area contributed by atoms with Gasteiger partial charge in [-0.15, -0.1) is 0 Å². The Morgan fingerprint density at radius 2 is 0.917 bits per heavy atom. The topological polar surface area (TPSA) is 135 Å². The Morgan fingerprint density at radius 3 is 1.37 bits per heavy atom. The fraction of sp³-hybridized carbons (Fsp3) is 0.941. The van der Waals surface area contributed by atoms with E-state index in [1.54, 1.807) is 0 Å². The van der Waals surface area contributed by atoms with Gasteiger partial charge in [-0.25, -0.2) is 0 Å². The van der Waals surface area contributed by atoms with E-state index in [0.29, 0.717) is 13.0 Å². The molecule has 4 N–H and O–H groups in total. The van der Waals surface area contributed by atoms with E-state index in [-0.39, 0.29) is 19.2 Å². The molecule has 0 aliphatic carbocycles. The van der Waals surface area contributed by atoms with Crippen LogP contribution in [-0.4, -0.2) is 89.6 Å². The van der Waals surface area contributed by atoms with E-state index < -0.39 is 43.4 Å². The summed E-state index contributed by atoms with van der Waals surface area (Å²) in [6.45, 7) is 4.58. The van der Waals surface area contributed by atoms with Crippen LogP contribution in [0.25, 0.3) is 0 Å². The highest BCUT2D eigenvalue weighted by atomic mass is 16.7. The molecule has 1 saturated heterocycles. The van der Waals surface area contributed by atoms with Gasteiger partial charge in [0, 0.05) is 13.0 Å². The minimum Gasteiger partial charge on any atom is -0.457 e. The van der Waals surface area contributed by atoms with Crippen LogP contribution in [0.4, 0.5) is 0 Å². The molecule has 0 bridgehead atoms. The summed E-state index contributed by atoms with van der Waals surface area (Å²) < 4.78 is 22.9. The van der Waals surface area contributed by atoms with Crippen LogP contribution in [0.15, 0.2) is 12.2 Å². The summed E-state index contributed by atoms with van der Waals surface area (Å²) in [6, 6.07) is 0. The smallest absolute Gasteiger partial charge is 0.306 e. The van der Waals surface area contributed by atoms with Gasteiger partial charge in [0.1, 0.15) is 30.5 Å². The maximum Gasteiger partial charge on any atom is 0.306 e. The van der Waals surface area contributed by atoms with Gasteiger partial charge in [-0.05, 0) is 38.5 Å². The highest BCUT2D eigenvalue weighted by Gasteiger charge is 2.44. The third kappa shape index (κ3) is 33.5. The Bertz CT molecular complexity index is 930. The molecule has 9 nitrogen and oxygen atoms in total. The predicted molar refractivity (Wildman–Crippen MR) is 247 cm³/mol. The number of carbonyl (C=O) groups is 1.